The van der Waals surface area contributed by atoms with Crippen LogP contribution in [0.4, 0.5) is 4.39 Å². The van der Waals surface area contributed by atoms with Gasteiger partial charge in [-0.3, -0.25) is 0 Å². The maximum absolute atomic E-state index is 12.3. The predicted octanol–water partition coefficient (Wildman–Crippen LogP) is 3.60. The Bertz CT molecular complexity index is 180. The molecule has 0 N–H and O–H groups in total. The second kappa shape index (κ2) is 8.05. The molecule has 0 aliphatic heterocycles. The minimum absolute atomic E-state index is 0.132. The molecule has 0 fully saturated rings. The number of allylic oxidation sites excluding steroid dienone is 3. The van der Waals surface area contributed by atoms with Crippen molar-refractivity contribution in [3.8, 4) is 0 Å². The molecule has 0 saturated heterocycles. The minimum Gasteiger partial charge on any atom is -0.494 e. The molecule has 0 saturated carbocycles. The van der Waals surface area contributed by atoms with Crippen LogP contribution in [0.25, 0.3) is 0 Å². The first-order valence-electron chi connectivity index (χ1n) is 3.84. The van der Waals surface area contributed by atoms with Gasteiger partial charge < -0.3 is 4.74 Å². The summed E-state index contributed by atoms with van der Waals surface area (Å²) in [5.74, 6) is -0.446. The average Bonchev–Trinajstić information content (AvgIpc) is 2.03. The van der Waals surface area contributed by atoms with Crippen LogP contribution in [0.15, 0.2) is 36.4 Å². The lowest BCUT2D eigenvalue weighted by Crippen LogP contribution is -1.86. The summed E-state index contributed by atoms with van der Waals surface area (Å²) in [4.78, 5) is 0. The van der Waals surface area contributed by atoms with E-state index >= 15 is 0 Å². The second-order valence-corrected chi connectivity index (χ2v) is 1.96. The Kier molecular flexibility index (Phi) is 9.08. The third-order valence-corrected chi connectivity index (χ3v) is 0.865. The van der Waals surface area contributed by atoms with Gasteiger partial charge in [0.05, 0.1) is 7.11 Å². The van der Waals surface area contributed by atoms with E-state index in [-0.39, 0.29) is 5.76 Å². The van der Waals surface area contributed by atoms with Gasteiger partial charge >= 0.3 is 0 Å². The first-order chi connectivity index (χ1) is 5.57. The molecule has 0 unspecified atom stereocenters. The fraction of sp³-hybridized carbons (Fsp3) is 0.400. The minimum atomic E-state index is -0.578. The molecular formula is C10H17FO. The van der Waals surface area contributed by atoms with Gasteiger partial charge in [-0.25, -0.2) is 4.39 Å². The molecule has 12 heavy (non-hydrogen) atoms. The van der Waals surface area contributed by atoms with E-state index in [1.54, 1.807) is 6.92 Å². The van der Waals surface area contributed by atoms with Crippen molar-refractivity contribution in [2.24, 2.45) is 0 Å². The molecule has 0 aromatic rings. The van der Waals surface area contributed by atoms with E-state index in [1.807, 2.05) is 13.8 Å². The zero-order valence-corrected chi connectivity index (χ0v) is 8.28. The summed E-state index contributed by atoms with van der Waals surface area (Å²) < 4.78 is 16.9. The summed E-state index contributed by atoms with van der Waals surface area (Å²) >= 11 is 0. The summed E-state index contributed by atoms with van der Waals surface area (Å²) in [5.41, 5.74) is 0.732. The summed E-state index contributed by atoms with van der Waals surface area (Å²) in [6, 6.07) is 0. The van der Waals surface area contributed by atoms with E-state index in [0.29, 0.717) is 0 Å². The van der Waals surface area contributed by atoms with Crippen LogP contribution in [0.2, 0.25) is 0 Å². The molecule has 0 aliphatic rings. The third-order valence-electron chi connectivity index (χ3n) is 0.865. The standard InChI is InChI=1S/C8H11FO.C2H6/c1-6(2)5-8(10-4)7(3)9;1-2/h5H,1,3H2,2,4H3;1-2H3/b8-5+;. The van der Waals surface area contributed by atoms with E-state index in [4.69, 9.17) is 0 Å². The van der Waals surface area contributed by atoms with Crippen LogP contribution in [-0.2, 0) is 4.74 Å². The van der Waals surface area contributed by atoms with Gasteiger partial charge in [0.25, 0.3) is 0 Å². The molecule has 0 aromatic heterocycles. The summed E-state index contributed by atoms with van der Waals surface area (Å²) in [5, 5.41) is 0. The molecule has 0 aliphatic carbocycles. The molecule has 0 bridgehead atoms. The zero-order chi connectivity index (χ0) is 10.1. The number of hydrogen-bond acceptors (Lipinski definition) is 1. The molecule has 0 rings (SSSR count). The van der Waals surface area contributed by atoms with Gasteiger partial charge in [0.1, 0.15) is 0 Å². The molecule has 70 valence electrons. The van der Waals surface area contributed by atoms with E-state index in [2.05, 4.69) is 17.9 Å². The normalized spacial score (nSPS) is 9.58. The molecule has 2 heteroatoms. The Labute approximate surface area is 74.2 Å². The quantitative estimate of drug-likeness (QED) is 0.467. The van der Waals surface area contributed by atoms with Crippen LogP contribution in [-0.4, -0.2) is 7.11 Å². The Balaban J connectivity index is 0. The highest BCUT2D eigenvalue weighted by Gasteiger charge is 1.98. The Morgan fingerprint density at radius 2 is 1.75 bits per heavy atom. The topological polar surface area (TPSA) is 9.23 Å². The van der Waals surface area contributed by atoms with Crippen LogP contribution < -0.4 is 0 Å². The van der Waals surface area contributed by atoms with Crippen molar-refractivity contribution in [2.75, 3.05) is 7.11 Å². The highest BCUT2D eigenvalue weighted by Crippen LogP contribution is 2.11. The van der Waals surface area contributed by atoms with Gasteiger partial charge in [0.2, 0.25) is 0 Å². The third kappa shape index (κ3) is 7.06. The zero-order valence-electron chi connectivity index (χ0n) is 8.28. The van der Waals surface area contributed by atoms with Gasteiger partial charge in [-0.05, 0) is 13.0 Å². The number of ether oxygens (including phenoxy) is 1. The van der Waals surface area contributed by atoms with Gasteiger partial charge in [-0.1, -0.05) is 32.6 Å². The van der Waals surface area contributed by atoms with Gasteiger partial charge in [-0.2, -0.15) is 0 Å². The van der Waals surface area contributed by atoms with Crippen molar-refractivity contribution >= 4 is 0 Å². The fourth-order valence-corrected chi connectivity index (χ4v) is 0.472. The van der Waals surface area contributed by atoms with Crippen molar-refractivity contribution in [1.82, 2.24) is 0 Å². The van der Waals surface area contributed by atoms with E-state index in [9.17, 15) is 4.39 Å². The van der Waals surface area contributed by atoms with Gasteiger partial charge in [0.15, 0.2) is 11.6 Å². The largest absolute Gasteiger partial charge is 0.494 e. The highest BCUT2D eigenvalue weighted by atomic mass is 19.1. The van der Waals surface area contributed by atoms with Crippen LogP contribution in [0.3, 0.4) is 0 Å². The van der Waals surface area contributed by atoms with E-state index in [1.165, 1.54) is 13.2 Å². The molecule has 0 aromatic carbocycles. The molecule has 0 atom stereocenters. The monoisotopic (exact) mass is 172 g/mol. The lowest BCUT2D eigenvalue weighted by Gasteiger charge is -2.00. The lowest BCUT2D eigenvalue weighted by atomic mass is 10.3. The average molecular weight is 172 g/mol. The van der Waals surface area contributed by atoms with Crippen molar-refractivity contribution in [3.63, 3.8) is 0 Å². The number of hydrogen-bond donors (Lipinski definition) is 0. The number of rotatable bonds is 3. The van der Waals surface area contributed by atoms with Crippen molar-refractivity contribution in [1.29, 1.82) is 0 Å². The fourth-order valence-electron chi connectivity index (χ4n) is 0.472. The maximum Gasteiger partial charge on any atom is 0.157 e. The molecule has 0 amide bonds. The summed E-state index contributed by atoms with van der Waals surface area (Å²) in [7, 11) is 1.39. The molecule has 0 spiro atoms. The SMILES string of the molecule is C=C(C)/C=C(/OC)C(=C)F.CC. The lowest BCUT2D eigenvalue weighted by molar-refractivity contribution is 0.283. The Morgan fingerprint density at radius 3 is 1.83 bits per heavy atom. The van der Waals surface area contributed by atoms with Crippen molar-refractivity contribution in [3.05, 3.63) is 36.4 Å². The van der Waals surface area contributed by atoms with Gasteiger partial charge in [-0.15, -0.1) is 0 Å². The van der Waals surface area contributed by atoms with Crippen molar-refractivity contribution < 1.29 is 9.13 Å². The van der Waals surface area contributed by atoms with Crippen molar-refractivity contribution in [2.45, 2.75) is 20.8 Å². The summed E-state index contributed by atoms with van der Waals surface area (Å²) in [6.07, 6.45) is 1.49. The molecule has 1 nitrogen and oxygen atoms in total. The first kappa shape index (κ1) is 13.5. The van der Waals surface area contributed by atoms with E-state index < -0.39 is 5.83 Å². The number of methoxy groups -OCH3 is 1. The molecule has 0 radical (unpaired) electrons. The summed E-state index contributed by atoms with van der Waals surface area (Å²) in [6.45, 7) is 12.4. The van der Waals surface area contributed by atoms with Crippen LogP contribution in [0.5, 0.6) is 0 Å². The van der Waals surface area contributed by atoms with Crippen LogP contribution in [0, 0.1) is 0 Å². The maximum atomic E-state index is 12.3. The smallest absolute Gasteiger partial charge is 0.157 e. The Hall–Kier alpha value is -1.05. The highest BCUT2D eigenvalue weighted by molar-refractivity contribution is 5.25. The Morgan fingerprint density at radius 1 is 1.33 bits per heavy atom. The predicted molar refractivity (Wildman–Crippen MR) is 51.5 cm³/mol. The number of halogens is 1. The van der Waals surface area contributed by atoms with E-state index in [0.717, 1.165) is 5.57 Å². The second-order valence-electron chi connectivity index (χ2n) is 1.96. The molecular weight excluding hydrogens is 155 g/mol. The van der Waals surface area contributed by atoms with Crippen LogP contribution >= 0.6 is 0 Å². The van der Waals surface area contributed by atoms with Gasteiger partial charge in [0, 0.05) is 0 Å². The van der Waals surface area contributed by atoms with Crippen LogP contribution in [0.1, 0.15) is 20.8 Å². The first-order valence-corrected chi connectivity index (χ1v) is 3.84. The molecule has 0 heterocycles.